The molecule has 0 saturated heterocycles. The number of hydrogen-bond donors (Lipinski definition) is 0. The average molecular weight is 658 g/mol. The third-order valence-electron chi connectivity index (χ3n) is 9.84. The summed E-state index contributed by atoms with van der Waals surface area (Å²) in [6, 6.07) is 64.6. The number of fused-ring (bicyclic) bond motifs is 4. The molecule has 0 aliphatic rings. The topological polar surface area (TPSA) is 3.24 Å². The summed E-state index contributed by atoms with van der Waals surface area (Å²) in [6.45, 7) is 4.29. The lowest BCUT2D eigenvalue weighted by atomic mass is 9.91. The minimum absolute atomic E-state index is 1.13. The van der Waals surface area contributed by atoms with Crippen LogP contribution in [0.2, 0.25) is 0 Å². The van der Waals surface area contributed by atoms with E-state index in [2.05, 4.69) is 195 Å². The minimum atomic E-state index is 1.13. The SMILES string of the molecule is Cc1ccc(N(c2ccc(C)cc2)c2ccc(-c3ccc(-c4cccc5ccccc45)cc3)c(-c3cccc4c3sc3ccccc34)c2)cc1. The zero-order chi connectivity index (χ0) is 33.6. The zero-order valence-electron chi connectivity index (χ0n) is 28.1. The third-order valence-corrected chi connectivity index (χ3v) is 11.1. The molecule has 50 heavy (non-hydrogen) atoms. The van der Waals surface area contributed by atoms with Gasteiger partial charge in [-0.05, 0) is 94.9 Å². The fourth-order valence-corrected chi connectivity index (χ4v) is 8.48. The van der Waals surface area contributed by atoms with E-state index in [0.29, 0.717) is 0 Å². The molecule has 0 spiro atoms. The zero-order valence-corrected chi connectivity index (χ0v) is 28.9. The highest BCUT2D eigenvalue weighted by atomic mass is 32.1. The first-order valence-corrected chi connectivity index (χ1v) is 18.0. The van der Waals surface area contributed by atoms with Crippen LogP contribution in [0, 0.1) is 13.8 Å². The molecule has 0 radical (unpaired) electrons. The standard InChI is InChI=1S/C48H35NS/c1-32-17-25-37(26-18-32)49(38-27-19-33(2)20-28-38)39-29-30-42(36-23-21-35(22-24-36)41-13-7-10-34-9-3-4-11-40(34)41)46(31-39)45-15-8-14-44-43-12-5-6-16-47(43)50-48(44)45/h3-31H,1-2H3. The fourth-order valence-electron chi connectivity index (χ4n) is 7.25. The van der Waals surface area contributed by atoms with Crippen molar-refractivity contribution >= 4 is 59.3 Å². The molecule has 0 saturated carbocycles. The predicted molar refractivity (Wildman–Crippen MR) is 217 cm³/mol. The molecule has 238 valence electrons. The summed E-state index contributed by atoms with van der Waals surface area (Å²) >= 11 is 1.88. The predicted octanol–water partition coefficient (Wildman–Crippen LogP) is 14.3. The van der Waals surface area contributed by atoms with E-state index in [1.807, 2.05) is 11.3 Å². The molecule has 9 aromatic rings. The van der Waals surface area contributed by atoms with Gasteiger partial charge in [0.15, 0.2) is 0 Å². The van der Waals surface area contributed by atoms with E-state index < -0.39 is 0 Å². The fraction of sp³-hybridized carbons (Fsp3) is 0.0417. The molecule has 0 bridgehead atoms. The Labute approximate surface area is 297 Å². The van der Waals surface area contributed by atoms with Crippen LogP contribution in [-0.2, 0) is 0 Å². The number of nitrogens with zero attached hydrogens (tertiary/aromatic N) is 1. The van der Waals surface area contributed by atoms with E-state index in [9.17, 15) is 0 Å². The first kappa shape index (κ1) is 30.1. The summed E-state index contributed by atoms with van der Waals surface area (Å²) in [5.74, 6) is 0. The summed E-state index contributed by atoms with van der Waals surface area (Å²) in [7, 11) is 0. The Hall–Kier alpha value is -5.96. The highest BCUT2D eigenvalue weighted by Crippen LogP contribution is 2.46. The van der Waals surface area contributed by atoms with Crippen molar-refractivity contribution in [2.75, 3.05) is 4.90 Å². The smallest absolute Gasteiger partial charge is 0.0468 e. The van der Waals surface area contributed by atoms with Crippen LogP contribution in [0.5, 0.6) is 0 Å². The van der Waals surface area contributed by atoms with Crippen molar-refractivity contribution in [1.29, 1.82) is 0 Å². The average Bonchev–Trinajstić information content (AvgIpc) is 3.55. The van der Waals surface area contributed by atoms with Gasteiger partial charge in [0.05, 0.1) is 0 Å². The maximum atomic E-state index is 2.40. The Morgan fingerprint density at radius 1 is 0.380 bits per heavy atom. The van der Waals surface area contributed by atoms with E-state index in [4.69, 9.17) is 0 Å². The van der Waals surface area contributed by atoms with Crippen LogP contribution in [0.1, 0.15) is 11.1 Å². The summed E-state index contributed by atoms with van der Waals surface area (Å²) in [5.41, 5.74) is 13.3. The second kappa shape index (κ2) is 12.5. The van der Waals surface area contributed by atoms with Gasteiger partial charge in [0, 0.05) is 42.8 Å². The van der Waals surface area contributed by atoms with Gasteiger partial charge in [-0.25, -0.2) is 0 Å². The molecule has 0 atom stereocenters. The van der Waals surface area contributed by atoms with Gasteiger partial charge < -0.3 is 4.90 Å². The molecule has 0 unspecified atom stereocenters. The van der Waals surface area contributed by atoms with Crippen molar-refractivity contribution in [3.05, 3.63) is 187 Å². The van der Waals surface area contributed by atoms with Crippen molar-refractivity contribution in [1.82, 2.24) is 0 Å². The summed E-state index contributed by atoms with van der Waals surface area (Å²) < 4.78 is 2.63. The van der Waals surface area contributed by atoms with Crippen molar-refractivity contribution in [2.45, 2.75) is 13.8 Å². The molecule has 0 fully saturated rings. The van der Waals surface area contributed by atoms with Crippen molar-refractivity contribution in [3.63, 3.8) is 0 Å². The molecular weight excluding hydrogens is 623 g/mol. The van der Waals surface area contributed by atoms with Crippen molar-refractivity contribution < 1.29 is 0 Å². The van der Waals surface area contributed by atoms with Crippen LogP contribution in [0.15, 0.2) is 176 Å². The van der Waals surface area contributed by atoms with E-state index in [0.717, 1.165) is 17.1 Å². The highest BCUT2D eigenvalue weighted by Gasteiger charge is 2.19. The Bertz CT molecular complexity index is 2600. The molecule has 1 heterocycles. The molecule has 1 nitrogen and oxygen atoms in total. The van der Waals surface area contributed by atoms with Crippen LogP contribution in [0.3, 0.4) is 0 Å². The van der Waals surface area contributed by atoms with E-state index in [1.165, 1.54) is 75.5 Å². The molecule has 8 aromatic carbocycles. The molecule has 2 heteroatoms. The third kappa shape index (κ3) is 5.35. The van der Waals surface area contributed by atoms with Gasteiger partial charge in [-0.2, -0.15) is 0 Å². The van der Waals surface area contributed by atoms with Gasteiger partial charge in [-0.15, -0.1) is 11.3 Å². The first-order chi connectivity index (χ1) is 24.6. The lowest BCUT2D eigenvalue weighted by molar-refractivity contribution is 1.27. The van der Waals surface area contributed by atoms with Gasteiger partial charge in [-0.1, -0.05) is 145 Å². The van der Waals surface area contributed by atoms with Gasteiger partial charge >= 0.3 is 0 Å². The number of rotatable bonds is 6. The van der Waals surface area contributed by atoms with Crippen LogP contribution >= 0.6 is 11.3 Å². The van der Waals surface area contributed by atoms with E-state index >= 15 is 0 Å². The van der Waals surface area contributed by atoms with Gasteiger partial charge in [0.2, 0.25) is 0 Å². The molecular formula is C48H35NS. The number of thiophene rings is 1. The van der Waals surface area contributed by atoms with Crippen molar-refractivity contribution in [3.8, 4) is 33.4 Å². The Balaban J connectivity index is 1.25. The lowest BCUT2D eigenvalue weighted by Gasteiger charge is -2.27. The van der Waals surface area contributed by atoms with Crippen LogP contribution < -0.4 is 4.90 Å². The van der Waals surface area contributed by atoms with E-state index in [1.54, 1.807) is 0 Å². The molecule has 0 aliphatic heterocycles. The molecule has 9 rings (SSSR count). The maximum absolute atomic E-state index is 2.40. The summed E-state index contributed by atoms with van der Waals surface area (Å²) in [4.78, 5) is 2.38. The second-order valence-electron chi connectivity index (χ2n) is 13.1. The summed E-state index contributed by atoms with van der Waals surface area (Å²) in [5, 5.41) is 5.15. The summed E-state index contributed by atoms with van der Waals surface area (Å²) in [6.07, 6.45) is 0. The van der Waals surface area contributed by atoms with E-state index in [-0.39, 0.29) is 0 Å². The lowest BCUT2D eigenvalue weighted by Crippen LogP contribution is -2.10. The monoisotopic (exact) mass is 657 g/mol. The van der Waals surface area contributed by atoms with Crippen LogP contribution in [0.4, 0.5) is 17.1 Å². The molecule has 0 aliphatic carbocycles. The largest absolute Gasteiger partial charge is 0.310 e. The van der Waals surface area contributed by atoms with Crippen LogP contribution in [0.25, 0.3) is 64.3 Å². The Morgan fingerprint density at radius 3 is 1.64 bits per heavy atom. The Kier molecular flexibility index (Phi) is 7.53. The molecule has 0 N–H and O–H groups in total. The van der Waals surface area contributed by atoms with Gasteiger partial charge in [-0.3, -0.25) is 0 Å². The first-order valence-electron chi connectivity index (χ1n) is 17.2. The normalized spacial score (nSPS) is 11.4. The molecule has 1 aromatic heterocycles. The van der Waals surface area contributed by atoms with Crippen molar-refractivity contribution in [2.24, 2.45) is 0 Å². The number of aryl methyl sites for hydroxylation is 2. The van der Waals surface area contributed by atoms with Crippen LogP contribution in [-0.4, -0.2) is 0 Å². The molecule has 0 amide bonds. The number of hydrogen-bond acceptors (Lipinski definition) is 2. The van der Waals surface area contributed by atoms with Gasteiger partial charge in [0.25, 0.3) is 0 Å². The Morgan fingerprint density at radius 2 is 0.920 bits per heavy atom. The number of benzene rings is 8. The number of anilines is 3. The second-order valence-corrected chi connectivity index (χ2v) is 14.2. The quantitative estimate of drug-likeness (QED) is 0.172. The minimum Gasteiger partial charge on any atom is -0.310 e. The van der Waals surface area contributed by atoms with Gasteiger partial charge in [0.1, 0.15) is 0 Å². The maximum Gasteiger partial charge on any atom is 0.0468 e. The highest BCUT2D eigenvalue weighted by molar-refractivity contribution is 7.26.